The predicted octanol–water partition coefficient (Wildman–Crippen LogP) is 5.33. The Morgan fingerprint density at radius 3 is 2.00 bits per heavy atom. The van der Waals surface area contributed by atoms with E-state index in [1.807, 2.05) is 30.3 Å². The van der Waals surface area contributed by atoms with E-state index in [1.54, 1.807) is 0 Å². The molecule has 0 aromatic heterocycles. The van der Waals surface area contributed by atoms with Crippen molar-refractivity contribution in [1.82, 2.24) is 4.90 Å². The highest BCUT2D eigenvalue weighted by atomic mass is 16.1. The van der Waals surface area contributed by atoms with E-state index in [-0.39, 0.29) is 5.78 Å². The van der Waals surface area contributed by atoms with Gasteiger partial charge in [-0.05, 0) is 31.5 Å². The first-order valence-corrected chi connectivity index (χ1v) is 9.92. The molecule has 0 aliphatic rings. The molecule has 0 spiro atoms. The molecule has 0 saturated carbocycles. The smallest absolute Gasteiger partial charge is 0.168 e. The highest BCUT2D eigenvalue weighted by Gasteiger charge is 2.22. The standard InChI is InChI=1S/C22H34N2O/c1-3-5-7-12-16-24(17-13-8-6-4-2)19-22(25)21(18-23)20-14-10-9-11-15-20/h9-11,14-15,21H,3-8,12-13,16-17,19H2,1-2H3. The van der Waals surface area contributed by atoms with Gasteiger partial charge in [-0.2, -0.15) is 5.26 Å². The summed E-state index contributed by atoms with van der Waals surface area (Å²) < 4.78 is 0. The van der Waals surface area contributed by atoms with Crippen LogP contribution in [0.5, 0.6) is 0 Å². The van der Waals surface area contributed by atoms with E-state index in [4.69, 9.17) is 0 Å². The number of rotatable bonds is 14. The van der Waals surface area contributed by atoms with Crippen molar-refractivity contribution in [2.75, 3.05) is 19.6 Å². The fourth-order valence-corrected chi connectivity index (χ4v) is 3.08. The number of benzene rings is 1. The van der Waals surface area contributed by atoms with Gasteiger partial charge >= 0.3 is 0 Å². The van der Waals surface area contributed by atoms with Crippen LogP contribution >= 0.6 is 0 Å². The van der Waals surface area contributed by atoms with Crippen LogP contribution in [0.4, 0.5) is 0 Å². The summed E-state index contributed by atoms with van der Waals surface area (Å²) in [5.74, 6) is -0.616. The lowest BCUT2D eigenvalue weighted by Gasteiger charge is -2.23. The average molecular weight is 343 g/mol. The maximum Gasteiger partial charge on any atom is 0.168 e. The van der Waals surface area contributed by atoms with Gasteiger partial charge in [0.2, 0.25) is 0 Å². The summed E-state index contributed by atoms with van der Waals surface area (Å²) in [6, 6.07) is 11.6. The van der Waals surface area contributed by atoms with Crippen LogP contribution in [-0.2, 0) is 4.79 Å². The van der Waals surface area contributed by atoms with Gasteiger partial charge < -0.3 is 0 Å². The van der Waals surface area contributed by atoms with Crippen molar-refractivity contribution in [2.24, 2.45) is 0 Å². The number of hydrogen-bond acceptors (Lipinski definition) is 3. The Morgan fingerprint density at radius 1 is 0.960 bits per heavy atom. The number of hydrogen-bond donors (Lipinski definition) is 0. The van der Waals surface area contributed by atoms with Gasteiger partial charge in [0, 0.05) is 0 Å². The van der Waals surface area contributed by atoms with Crippen LogP contribution in [0.3, 0.4) is 0 Å². The number of carbonyl (C=O) groups excluding carboxylic acids is 1. The van der Waals surface area contributed by atoms with Gasteiger partial charge in [-0.3, -0.25) is 9.69 Å². The minimum absolute atomic E-state index is 0.0275. The molecule has 3 heteroatoms. The average Bonchev–Trinajstić information content (AvgIpc) is 2.63. The molecule has 0 N–H and O–H groups in total. The summed E-state index contributed by atoms with van der Waals surface area (Å²) in [6.07, 6.45) is 9.66. The van der Waals surface area contributed by atoms with Gasteiger partial charge in [-0.15, -0.1) is 0 Å². The van der Waals surface area contributed by atoms with Gasteiger partial charge in [0.25, 0.3) is 0 Å². The topological polar surface area (TPSA) is 44.1 Å². The van der Waals surface area contributed by atoms with Crippen LogP contribution < -0.4 is 0 Å². The summed E-state index contributed by atoms with van der Waals surface area (Å²) in [6.45, 7) is 6.74. The summed E-state index contributed by atoms with van der Waals surface area (Å²) >= 11 is 0. The van der Waals surface area contributed by atoms with Crippen molar-refractivity contribution in [3.05, 3.63) is 35.9 Å². The molecule has 0 radical (unpaired) electrons. The Labute approximate surface area is 154 Å². The molecule has 1 aromatic rings. The van der Waals surface area contributed by atoms with E-state index in [0.717, 1.165) is 31.5 Å². The molecule has 0 heterocycles. The summed E-state index contributed by atoms with van der Waals surface area (Å²) in [7, 11) is 0. The molecule has 138 valence electrons. The van der Waals surface area contributed by atoms with Crippen LogP contribution in [0, 0.1) is 11.3 Å². The minimum Gasteiger partial charge on any atom is -0.296 e. The van der Waals surface area contributed by atoms with Crippen molar-refractivity contribution >= 4 is 5.78 Å². The SMILES string of the molecule is CCCCCCN(CCCCCC)CC(=O)C(C#N)c1ccccc1. The first-order chi connectivity index (χ1) is 12.2. The third-order valence-corrected chi connectivity index (χ3v) is 4.62. The third kappa shape index (κ3) is 8.84. The second-order valence-electron chi connectivity index (χ2n) is 6.84. The number of nitrogens with zero attached hydrogens (tertiary/aromatic N) is 2. The summed E-state index contributed by atoms with van der Waals surface area (Å²) in [5.41, 5.74) is 0.812. The third-order valence-electron chi connectivity index (χ3n) is 4.62. The van der Waals surface area contributed by atoms with Crippen molar-refractivity contribution in [3.63, 3.8) is 0 Å². The van der Waals surface area contributed by atoms with E-state index in [0.29, 0.717) is 6.54 Å². The normalized spacial score (nSPS) is 12.1. The van der Waals surface area contributed by atoms with E-state index in [1.165, 1.54) is 38.5 Å². The molecule has 0 amide bonds. The van der Waals surface area contributed by atoms with Crippen LogP contribution in [-0.4, -0.2) is 30.3 Å². The number of unbranched alkanes of at least 4 members (excludes halogenated alkanes) is 6. The van der Waals surface area contributed by atoms with Gasteiger partial charge in [0.05, 0.1) is 12.6 Å². The fraction of sp³-hybridized carbons (Fsp3) is 0.636. The Balaban J connectivity index is 2.59. The van der Waals surface area contributed by atoms with Gasteiger partial charge in [0.1, 0.15) is 5.92 Å². The van der Waals surface area contributed by atoms with E-state index >= 15 is 0 Å². The molecule has 1 atom stereocenters. The zero-order valence-electron chi connectivity index (χ0n) is 16.0. The molecule has 1 unspecified atom stereocenters. The van der Waals surface area contributed by atoms with E-state index in [2.05, 4.69) is 24.8 Å². The van der Waals surface area contributed by atoms with Crippen LogP contribution in [0.1, 0.15) is 76.7 Å². The Hall–Kier alpha value is -1.66. The number of ketones is 1. The molecular formula is C22H34N2O. The zero-order valence-corrected chi connectivity index (χ0v) is 16.0. The minimum atomic E-state index is -0.644. The molecular weight excluding hydrogens is 308 g/mol. The largest absolute Gasteiger partial charge is 0.296 e. The van der Waals surface area contributed by atoms with Crippen molar-refractivity contribution in [1.29, 1.82) is 5.26 Å². The maximum atomic E-state index is 12.7. The second-order valence-corrected chi connectivity index (χ2v) is 6.84. The molecule has 3 nitrogen and oxygen atoms in total. The second kappa shape index (κ2) is 13.6. The zero-order chi connectivity index (χ0) is 18.3. The molecule has 1 rings (SSSR count). The van der Waals surface area contributed by atoms with Crippen molar-refractivity contribution < 1.29 is 4.79 Å². The maximum absolute atomic E-state index is 12.7. The Kier molecular flexibility index (Phi) is 11.6. The highest BCUT2D eigenvalue weighted by molar-refractivity contribution is 5.90. The van der Waals surface area contributed by atoms with Gasteiger partial charge in [-0.25, -0.2) is 0 Å². The lowest BCUT2D eigenvalue weighted by molar-refractivity contribution is -0.120. The number of carbonyl (C=O) groups is 1. The van der Waals surface area contributed by atoms with Gasteiger partial charge in [-0.1, -0.05) is 82.7 Å². The molecule has 0 aliphatic carbocycles. The van der Waals surface area contributed by atoms with E-state index in [9.17, 15) is 10.1 Å². The van der Waals surface area contributed by atoms with Crippen LogP contribution in [0.2, 0.25) is 0 Å². The number of nitriles is 1. The van der Waals surface area contributed by atoms with Gasteiger partial charge in [0.15, 0.2) is 5.78 Å². The van der Waals surface area contributed by atoms with Crippen molar-refractivity contribution in [2.45, 2.75) is 71.1 Å². The van der Waals surface area contributed by atoms with Crippen LogP contribution in [0.15, 0.2) is 30.3 Å². The lowest BCUT2D eigenvalue weighted by Crippen LogP contribution is -2.34. The quantitative estimate of drug-likeness (QED) is 0.429. The van der Waals surface area contributed by atoms with Crippen LogP contribution in [0.25, 0.3) is 0 Å². The molecule has 0 saturated heterocycles. The first kappa shape index (κ1) is 21.4. The first-order valence-electron chi connectivity index (χ1n) is 9.92. The molecule has 1 aromatic carbocycles. The number of Topliss-reactive ketones (excluding diaryl/α,β-unsaturated/α-hetero) is 1. The highest BCUT2D eigenvalue weighted by Crippen LogP contribution is 2.17. The summed E-state index contributed by atoms with van der Waals surface area (Å²) in [5, 5.41) is 9.47. The lowest BCUT2D eigenvalue weighted by atomic mass is 9.95. The Morgan fingerprint density at radius 2 is 1.52 bits per heavy atom. The fourth-order valence-electron chi connectivity index (χ4n) is 3.08. The molecule has 0 fully saturated rings. The molecule has 25 heavy (non-hydrogen) atoms. The molecule has 0 aliphatic heterocycles. The van der Waals surface area contributed by atoms with Crippen molar-refractivity contribution in [3.8, 4) is 6.07 Å². The predicted molar refractivity (Wildman–Crippen MR) is 105 cm³/mol. The monoisotopic (exact) mass is 342 g/mol. The van der Waals surface area contributed by atoms with E-state index < -0.39 is 5.92 Å². The molecule has 0 bridgehead atoms. The Bertz CT molecular complexity index is 495. The summed E-state index contributed by atoms with van der Waals surface area (Å²) in [4.78, 5) is 15.0.